The summed E-state index contributed by atoms with van der Waals surface area (Å²) in [5, 5.41) is 2.95. The number of likely N-dealkylation sites (N-methyl/N-ethyl adjacent to an activating group) is 1. The van der Waals surface area contributed by atoms with E-state index in [9.17, 15) is 9.59 Å². The third-order valence-corrected chi connectivity index (χ3v) is 4.58. The highest BCUT2D eigenvalue weighted by molar-refractivity contribution is 5.93. The number of amides is 1. The van der Waals surface area contributed by atoms with Gasteiger partial charge in [0.05, 0.1) is 12.2 Å². The van der Waals surface area contributed by atoms with Gasteiger partial charge in [0.2, 0.25) is 5.91 Å². The molecule has 3 aromatic rings. The van der Waals surface area contributed by atoms with Crippen molar-refractivity contribution in [2.24, 2.45) is 0 Å². The van der Waals surface area contributed by atoms with Crippen LogP contribution in [0.25, 0.3) is 5.65 Å². The zero-order chi connectivity index (χ0) is 19.6. The number of aromatic nitrogens is 2. The van der Waals surface area contributed by atoms with Gasteiger partial charge in [-0.1, -0.05) is 18.2 Å². The fourth-order valence-electron chi connectivity index (χ4n) is 2.99. The highest BCUT2D eigenvalue weighted by atomic mass is 16.2. The summed E-state index contributed by atoms with van der Waals surface area (Å²) in [4.78, 5) is 31.0. The second-order valence-electron chi connectivity index (χ2n) is 6.99. The fourth-order valence-corrected chi connectivity index (χ4v) is 2.99. The number of pyridine rings is 1. The number of aryl methyl sites for hydroxylation is 2. The Morgan fingerprint density at radius 2 is 1.96 bits per heavy atom. The molecule has 140 valence electrons. The lowest BCUT2D eigenvalue weighted by atomic mass is 10.1. The number of nitrogens with zero attached hydrogens (tertiary/aromatic N) is 3. The molecular weight excluding hydrogens is 340 g/mol. The molecule has 0 aliphatic carbocycles. The van der Waals surface area contributed by atoms with Crippen LogP contribution in [0.1, 0.15) is 22.4 Å². The van der Waals surface area contributed by atoms with E-state index < -0.39 is 0 Å². The Balaban J connectivity index is 1.68. The fraction of sp³-hybridized carbons (Fsp3) is 0.286. The van der Waals surface area contributed by atoms with Crippen LogP contribution in [-0.2, 0) is 11.3 Å². The number of hydrogen-bond donors (Lipinski definition) is 1. The van der Waals surface area contributed by atoms with Crippen LogP contribution in [0.3, 0.4) is 0 Å². The smallest absolute Gasteiger partial charge is 0.258 e. The maximum absolute atomic E-state index is 12.4. The van der Waals surface area contributed by atoms with Crippen molar-refractivity contribution in [3.05, 3.63) is 75.3 Å². The van der Waals surface area contributed by atoms with Crippen molar-refractivity contribution in [3.8, 4) is 0 Å². The van der Waals surface area contributed by atoms with E-state index in [2.05, 4.69) is 10.3 Å². The monoisotopic (exact) mass is 364 g/mol. The molecule has 1 aromatic carbocycles. The number of hydrogen-bond acceptors (Lipinski definition) is 4. The minimum absolute atomic E-state index is 0.0978. The molecule has 1 N–H and O–H groups in total. The summed E-state index contributed by atoms with van der Waals surface area (Å²) in [6.07, 6.45) is 1.77. The van der Waals surface area contributed by atoms with Gasteiger partial charge in [-0.15, -0.1) is 0 Å². The van der Waals surface area contributed by atoms with Crippen LogP contribution in [0.4, 0.5) is 5.69 Å². The van der Waals surface area contributed by atoms with Crippen molar-refractivity contribution in [3.63, 3.8) is 0 Å². The zero-order valence-corrected chi connectivity index (χ0v) is 16.1. The second kappa shape index (κ2) is 7.72. The summed E-state index contributed by atoms with van der Waals surface area (Å²) in [7, 11) is 1.83. The van der Waals surface area contributed by atoms with Gasteiger partial charge in [-0.25, -0.2) is 4.98 Å². The molecule has 0 bridgehead atoms. The second-order valence-corrected chi connectivity index (χ2v) is 6.99. The molecule has 0 aliphatic heterocycles. The van der Waals surface area contributed by atoms with Gasteiger partial charge < -0.3 is 5.32 Å². The van der Waals surface area contributed by atoms with Gasteiger partial charge in [0, 0.05) is 24.5 Å². The van der Waals surface area contributed by atoms with Crippen molar-refractivity contribution in [2.75, 3.05) is 18.9 Å². The third-order valence-electron chi connectivity index (χ3n) is 4.58. The maximum atomic E-state index is 12.4. The van der Waals surface area contributed by atoms with Crippen LogP contribution in [0.2, 0.25) is 0 Å². The van der Waals surface area contributed by atoms with Gasteiger partial charge in [0.1, 0.15) is 5.65 Å². The minimum Gasteiger partial charge on any atom is -0.325 e. The highest BCUT2D eigenvalue weighted by Crippen LogP contribution is 2.17. The van der Waals surface area contributed by atoms with Crippen molar-refractivity contribution >= 4 is 17.2 Å². The summed E-state index contributed by atoms with van der Waals surface area (Å²) >= 11 is 0. The first-order chi connectivity index (χ1) is 12.8. The van der Waals surface area contributed by atoms with Gasteiger partial charge in [-0.2, -0.15) is 0 Å². The summed E-state index contributed by atoms with van der Waals surface area (Å²) < 4.78 is 1.53. The van der Waals surface area contributed by atoms with Crippen LogP contribution in [-0.4, -0.2) is 33.8 Å². The van der Waals surface area contributed by atoms with Gasteiger partial charge in [-0.3, -0.25) is 18.9 Å². The molecule has 2 aromatic heterocycles. The SMILES string of the molecule is Cc1ccc2nc(CN(C)CC(=O)Nc3cccc(C)c3C)cc(=O)n2c1. The van der Waals surface area contributed by atoms with Crippen LogP contribution in [0, 0.1) is 20.8 Å². The molecule has 0 saturated heterocycles. The number of anilines is 1. The predicted molar refractivity (Wildman–Crippen MR) is 107 cm³/mol. The molecule has 0 aliphatic rings. The first kappa shape index (κ1) is 18.8. The lowest BCUT2D eigenvalue weighted by molar-refractivity contribution is -0.117. The molecule has 0 fully saturated rings. The lowest BCUT2D eigenvalue weighted by Crippen LogP contribution is -2.31. The molecule has 2 heterocycles. The number of nitrogens with one attached hydrogen (secondary N) is 1. The predicted octanol–water partition coefficient (Wildman–Crippen LogP) is 2.69. The van der Waals surface area contributed by atoms with E-state index in [0.717, 1.165) is 22.4 Å². The Kier molecular flexibility index (Phi) is 5.37. The molecule has 0 atom stereocenters. The molecule has 1 amide bonds. The zero-order valence-electron chi connectivity index (χ0n) is 16.1. The molecule has 3 rings (SSSR count). The highest BCUT2D eigenvalue weighted by Gasteiger charge is 2.11. The standard InChI is InChI=1S/C21H24N4O2/c1-14-8-9-19-22-17(10-21(27)25(19)11-14)12-24(4)13-20(26)23-18-7-5-6-15(2)16(18)3/h5-11H,12-13H2,1-4H3,(H,23,26). The quantitative estimate of drug-likeness (QED) is 0.756. The number of carbonyl (C=O) groups is 1. The summed E-state index contributed by atoms with van der Waals surface area (Å²) in [6.45, 7) is 6.57. The Bertz CT molecular complexity index is 1060. The number of carbonyl (C=O) groups excluding carboxylic acids is 1. The first-order valence-electron chi connectivity index (χ1n) is 8.87. The Labute approximate surface area is 158 Å². The van der Waals surface area contributed by atoms with E-state index in [1.54, 1.807) is 6.20 Å². The van der Waals surface area contributed by atoms with Crippen LogP contribution in [0.5, 0.6) is 0 Å². The largest absolute Gasteiger partial charge is 0.325 e. The molecule has 6 heteroatoms. The summed E-state index contributed by atoms with van der Waals surface area (Å²) in [5.41, 5.74) is 5.16. The number of fused-ring (bicyclic) bond motifs is 1. The summed E-state index contributed by atoms with van der Waals surface area (Å²) in [5.74, 6) is -0.0978. The van der Waals surface area contributed by atoms with E-state index in [1.807, 2.05) is 63.1 Å². The Morgan fingerprint density at radius 3 is 2.74 bits per heavy atom. The van der Waals surface area contributed by atoms with Gasteiger partial charge in [-0.05, 0) is 56.6 Å². The minimum atomic E-state index is -0.119. The third kappa shape index (κ3) is 4.41. The number of benzene rings is 1. The van der Waals surface area contributed by atoms with E-state index in [0.29, 0.717) is 17.9 Å². The van der Waals surface area contributed by atoms with Crippen molar-refractivity contribution in [1.29, 1.82) is 0 Å². The average Bonchev–Trinajstić information content (AvgIpc) is 2.59. The molecule has 6 nitrogen and oxygen atoms in total. The van der Waals surface area contributed by atoms with E-state index in [4.69, 9.17) is 0 Å². The first-order valence-corrected chi connectivity index (χ1v) is 8.87. The molecule has 0 radical (unpaired) electrons. The molecular formula is C21H24N4O2. The Morgan fingerprint density at radius 1 is 1.19 bits per heavy atom. The molecule has 0 saturated carbocycles. The van der Waals surface area contributed by atoms with Crippen molar-refractivity contribution in [1.82, 2.24) is 14.3 Å². The van der Waals surface area contributed by atoms with E-state index >= 15 is 0 Å². The topological polar surface area (TPSA) is 66.7 Å². The van der Waals surface area contributed by atoms with Crippen LogP contribution >= 0.6 is 0 Å². The van der Waals surface area contributed by atoms with Crippen LogP contribution < -0.4 is 10.9 Å². The Hall–Kier alpha value is -2.99. The van der Waals surface area contributed by atoms with E-state index in [1.165, 1.54) is 10.5 Å². The van der Waals surface area contributed by atoms with Crippen molar-refractivity contribution < 1.29 is 4.79 Å². The number of rotatable bonds is 5. The molecule has 0 spiro atoms. The summed E-state index contributed by atoms with van der Waals surface area (Å²) in [6, 6.07) is 11.1. The lowest BCUT2D eigenvalue weighted by Gasteiger charge is -2.17. The maximum Gasteiger partial charge on any atom is 0.258 e. The van der Waals surface area contributed by atoms with Gasteiger partial charge >= 0.3 is 0 Å². The van der Waals surface area contributed by atoms with Gasteiger partial charge in [0.15, 0.2) is 0 Å². The van der Waals surface area contributed by atoms with Gasteiger partial charge in [0.25, 0.3) is 5.56 Å². The van der Waals surface area contributed by atoms with E-state index in [-0.39, 0.29) is 18.0 Å². The van der Waals surface area contributed by atoms with Crippen molar-refractivity contribution in [2.45, 2.75) is 27.3 Å². The average molecular weight is 364 g/mol. The molecule has 27 heavy (non-hydrogen) atoms. The normalized spacial score (nSPS) is 11.1. The molecule has 0 unspecified atom stereocenters. The van der Waals surface area contributed by atoms with Crippen LogP contribution in [0.15, 0.2) is 47.4 Å².